The van der Waals surface area contributed by atoms with Crippen molar-refractivity contribution < 1.29 is 0 Å². The molecule has 1 aliphatic rings. The maximum Gasteiger partial charge on any atom is 0.0157 e. The summed E-state index contributed by atoms with van der Waals surface area (Å²) in [7, 11) is 0. The zero-order chi connectivity index (χ0) is 6.53. The number of hydrogen-bond acceptors (Lipinski definition) is 1. The fraction of sp³-hybridized carbons (Fsp3) is 1.00. The van der Waals surface area contributed by atoms with E-state index in [-0.39, 0.29) is 0 Å². The van der Waals surface area contributed by atoms with Crippen molar-refractivity contribution in [3.8, 4) is 0 Å². The normalized spacial score (nSPS) is 18.3. The molecule has 1 N–H and O–H groups in total. The van der Waals surface area contributed by atoms with E-state index in [1.807, 2.05) is 0 Å². The van der Waals surface area contributed by atoms with Crippen molar-refractivity contribution >= 4 is 15.9 Å². The SMILES string of the molecule is BrCCNCCC1CC1. The smallest absolute Gasteiger partial charge is 0.0157 e. The van der Waals surface area contributed by atoms with E-state index in [0.29, 0.717) is 0 Å². The highest BCUT2D eigenvalue weighted by atomic mass is 79.9. The summed E-state index contributed by atoms with van der Waals surface area (Å²) in [5.74, 6) is 1.08. The van der Waals surface area contributed by atoms with Gasteiger partial charge in [0.1, 0.15) is 0 Å². The van der Waals surface area contributed by atoms with Crippen molar-refractivity contribution in [3.63, 3.8) is 0 Å². The molecular weight excluding hydrogens is 178 g/mol. The lowest BCUT2D eigenvalue weighted by atomic mass is 10.3. The zero-order valence-corrected chi connectivity index (χ0v) is 7.28. The Balaban J connectivity index is 1.71. The highest BCUT2D eigenvalue weighted by Gasteiger charge is 2.19. The van der Waals surface area contributed by atoms with Crippen LogP contribution in [-0.2, 0) is 0 Å². The molecule has 9 heavy (non-hydrogen) atoms. The standard InChI is InChI=1S/C7H14BrN/c8-4-6-9-5-3-7-1-2-7/h7,9H,1-6H2. The van der Waals surface area contributed by atoms with Gasteiger partial charge in [-0.3, -0.25) is 0 Å². The summed E-state index contributed by atoms with van der Waals surface area (Å²) in [5, 5.41) is 4.44. The molecule has 0 radical (unpaired) electrons. The van der Waals surface area contributed by atoms with Gasteiger partial charge in [-0.25, -0.2) is 0 Å². The number of halogens is 1. The van der Waals surface area contributed by atoms with Crippen molar-refractivity contribution in [1.82, 2.24) is 5.32 Å². The molecule has 0 atom stereocenters. The first kappa shape index (κ1) is 7.55. The molecule has 1 saturated carbocycles. The Morgan fingerprint density at radius 1 is 1.33 bits per heavy atom. The molecule has 0 aromatic rings. The van der Waals surface area contributed by atoms with E-state index in [2.05, 4.69) is 21.2 Å². The molecule has 1 fully saturated rings. The van der Waals surface area contributed by atoms with Crippen LogP contribution in [0.3, 0.4) is 0 Å². The van der Waals surface area contributed by atoms with Crippen LogP contribution in [0.25, 0.3) is 0 Å². The van der Waals surface area contributed by atoms with Gasteiger partial charge in [0.25, 0.3) is 0 Å². The van der Waals surface area contributed by atoms with Crippen LogP contribution in [0, 0.1) is 5.92 Å². The lowest BCUT2D eigenvalue weighted by Crippen LogP contribution is -2.17. The fourth-order valence-corrected chi connectivity index (χ4v) is 1.18. The van der Waals surface area contributed by atoms with Crippen molar-refractivity contribution in [3.05, 3.63) is 0 Å². The molecule has 0 aromatic carbocycles. The average molecular weight is 192 g/mol. The van der Waals surface area contributed by atoms with Gasteiger partial charge in [0, 0.05) is 11.9 Å². The van der Waals surface area contributed by atoms with E-state index in [4.69, 9.17) is 0 Å². The maximum atomic E-state index is 3.37. The van der Waals surface area contributed by atoms with Crippen LogP contribution in [0.2, 0.25) is 0 Å². The first-order valence-corrected chi connectivity index (χ1v) is 4.82. The number of nitrogens with one attached hydrogen (secondary N) is 1. The second-order valence-electron chi connectivity index (χ2n) is 2.67. The fourth-order valence-electron chi connectivity index (χ4n) is 0.905. The van der Waals surface area contributed by atoms with Gasteiger partial charge in [-0.2, -0.15) is 0 Å². The summed E-state index contributed by atoms with van der Waals surface area (Å²) in [5.41, 5.74) is 0. The predicted octanol–water partition coefficient (Wildman–Crippen LogP) is 1.77. The minimum absolute atomic E-state index is 1.08. The molecule has 0 bridgehead atoms. The van der Waals surface area contributed by atoms with Crippen LogP contribution in [0.1, 0.15) is 19.3 Å². The van der Waals surface area contributed by atoms with E-state index < -0.39 is 0 Å². The largest absolute Gasteiger partial charge is 0.316 e. The van der Waals surface area contributed by atoms with Gasteiger partial charge < -0.3 is 5.32 Å². The summed E-state index contributed by atoms with van der Waals surface area (Å²) in [6, 6.07) is 0. The Morgan fingerprint density at radius 3 is 2.67 bits per heavy atom. The van der Waals surface area contributed by atoms with Crippen LogP contribution in [-0.4, -0.2) is 18.4 Å². The third-order valence-electron chi connectivity index (χ3n) is 1.70. The van der Waals surface area contributed by atoms with E-state index in [1.165, 1.54) is 25.8 Å². The molecule has 1 aliphatic carbocycles. The van der Waals surface area contributed by atoms with Crippen LogP contribution in [0.5, 0.6) is 0 Å². The topological polar surface area (TPSA) is 12.0 Å². The van der Waals surface area contributed by atoms with E-state index in [0.717, 1.165) is 17.8 Å². The average Bonchev–Trinajstić information content (AvgIpc) is 2.63. The Bertz CT molecular complexity index is 71.3. The molecule has 0 saturated heterocycles. The molecule has 1 rings (SSSR count). The minimum Gasteiger partial charge on any atom is -0.316 e. The first-order chi connectivity index (χ1) is 4.43. The van der Waals surface area contributed by atoms with E-state index in [9.17, 15) is 0 Å². The minimum atomic E-state index is 1.08. The van der Waals surface area contributed by atoms with Gasteiger partial charge in [-0.05, 0) is 18.9 Å². The Hall–Kier alpha value is 0.440. The van der Waals surface area contributed by atoms with Crippen molar-refractivity contribution in [2.45, 2.75) is 19.3 Å². The highest BCUT2D eigenvalue weighted by Crippen LogP contribution is 2.31. The first-order valence-electron chi connectivity index (χ1n) is 3.70. The molecule has 0 heterocycles. The predicted molar refractivity (Wildman–Crippen MR) is 44.0 cm³/mol. The second-order valence-corrected chi connectivity index (χ2v) is 3.46. The third kappa shape index (κ3) is 3.93. The Morgan fingerprint density at radius 2 is 2.11 bits per heavy atom. The molecule has 1 nitrogen and oxygen atoms in total. The Labute approximate surface area is 65.3 Å². The summed E-state index contributed by atoms with van der Waals surface area (Å²) >= 11 is 3.37. The maximum absolute atomic E-state index is 3.37. The van der Waals surface area contributed by atoms with E-state index in [1.54, 1.807) is 0 Å². The molecule has 0 unspecified atom stereocenters. The van der Waals surface area contributed by atoms with Crippen LogP contribution >= 0.6 is 15.9 Å². The summed E-state index contributed by atoms with van der Waals surface area (Å²) in [4.78, 5) is 0. The molecular formula is C7H14BrN. The third-order valence-corrected chi connectivity index (χ3v) is 2.09. The van der Waals surface area contributed by atoms with Gasteiger partial charge in [0.2, 0.25) is 0 Å². The molecule has 0 aromatic heterocycles. The highest BCUT2D eigenvalue weighted by molar-refractivity contribution is 9.09. The molecule has 0 aliphatic heterocycles. The Kier molecular flexibility index (Phi) is 3.59. The van der Waals surface area contributed by atoms with Crippen molar-refractivity contribution in [2.75, 3.05) is 18.4 Å². The van der Waals surface area contributed by atoms with Gasteiger partial charge in [0.15, 0.2) is 0 Å². The monoisotopic (exact) mass is 191 g/mol. The molecule has 0 spiro atoms. The van der Waals surface area contributed by atoms with Gasteiger partial charge in [-0.1, -0.05) is 28.8 Å². The van der Waals surface area contributed by atoms with E-state index >= 15 is 0 Å². The second kappa shape index (κ2) is 4.29. The summed E-state index contributed by atoms with van der Waals surface area (Å²) in [6.07, 6.45) is 4.36. The number of hydrogen-bond donors (Lipinski definition) is 1. The van der Waals surface area contributed by atoms with Gasteiger partial charge in [-0.15, -0.1) is 0 Å². The van der Waals surface area contributed by atoms with Crippen molar-refractivity contribution in [2.24, 2.45) is 5.92 Å². The summed E-state index contributed by atoms with van der Waals surface area (Å²) in [6.45, 7) is 2.34. The number of alkyl halides is 1. The van der Waals surface area contributed by atoms with Crippen molar-refractivity contribution in [1.29, 1.82) is 0 Å². The summed E-state index contributed by atoms with van der Waals surface area (Å²) < 4.78 is 0. The van der Waals surface area contributed by atoms with Gasteiger partial charge >= 0.3 is 0 Å². The molecule has 54 valence electrons. The lowest BCUT2D eigenvalue weighted by molar-refractivity contribution is 0.634. The molecule has 2 heteroatoms. The van der Waals surface area contributed by atoms with Crippen LogP contribution < -0.4 is 5.32 Å². The zero-order valence-electron chi connectivity index (χ0n) is 5.70. The van der Waals surface area contributed by atoms with Crippen LogP contribution in [0.15, 0.2) is 0 Å². The number of rotatable bonds is 5. The van der Waals surface area contributed by atoms with Gasteiger partial charge in [0.05, 0.1) is 0 Å². The molecule has 0 amide bonds. The lowest BCUT2D eigenvalue weighted by Gasteiger charge is -1.98. The van der Waals surface area contributed by atoms with Crippen LogP contribution in [0.4, 0.5) is 0 Å². The quantitative estimate of drug-likeness (QED) is 0.517.